The fourth-order valence-electron chi connectivity index (χ4n) is 2.92. The van der Waals surface area contributed by atoms with Crippen molar-refractivity contribution < 1.29 is 9.15 Å². The largest absolute Gasteiger partial charge is 0.493 e. The predicted molar refractivity (Wildman–Crippen MR) is 105 cm³/mol. The number of benzene rings is 2. The fourth-order valence-corrected chi connectivity index (χ4v) is 2.92. The summed E-state index contributed by atoms with van der Waals surface area (Å²) < 4.78 is 11.6. The van der Waals surface area contributed by atoms with Crippen LogP contribution in [0.15, 0.2) is 59.0 Å². The highest BCUT2D eigenvalue weighted by Gasteiger charge is 2.11. The number of hydrogen-bond acceptors (Lipinski definition) is 4. The summed E-state index contributed by atoms with van der Waals surface area (Å²) >= 11 is 0. The number of aromatic nitrogens is 1. The molecular formula is C23H24N2O2. The summed E-state index contributed by atoms with van der Waals surface area (Å²) in [6.07, 6.45) is 4.34. The topological polar surface area (TPSA) is 59.1 Å². The van der Waals surface area contributed by atoms with Gasteiger partial charge in [-0.15, -0.1) is 0 Å². The molecule has 0 bridgehead atoms. The molecule has 138 valence electrons. The molecular weight excluding hydrogens is 336 g/mol. The molecule has 0 fully saturated rings. The Labute approximate surface area is 160 Å². The Morgan fingerprint density at radius 3 is 2.52 bits per heavy atom. The number of nitrogens with zero attached hydrogens (tertiary/aromatic N) is 2. The van der Waals surface area contributed by atoms with Gasteiger partial charge in [0.1, 0.15) is 11.5 Å². The van der Waals surface area contributed by atoms with Crippen molar-refractivity contribution in [2.75, 3.05) is 6.61 Å². The monoisotopic (exact) mass is 360 g/mol. The maximum absolute atomic E-state index is 8.56. The van der Waals surface area contributed by atoms with Crippen LogP contribution in [0.25, 0.3) is 11.5 Å². The van der Waals surface area contributed by atoms with E-state index in [0.717, 1.165) is 42.0 Å². The summed E-state index contributed by atoms with van der Waals surface area (Å²) in [6.45, 7) is 2.50. The summed E-state index contributed by atoms with van der Waals surface area (Å²) in [7, 11) is 0. The van der Waals surface area contributed by atoms with Crippen LogP contribution < -0.4 is 4.74 Å². The molecule has 0 unspecified atom stereocenters. The van der Waals surface area contributed by atoms with Crippen LogP contribution in [-0.2, 0) is 12.8 Å². The Hall–Kier alpha value is -3.06. The lowest BCUT2D eigenvalue weighted by Gasteiger charge is -2.06. The lowest BCUT2D eigenvalue weighted by atomic mass is 10.1. The van der Waals surface area contributed by atoms with E-state index in [1.807, 2.05) is 49.4 Å². The predicted octanol–water partition coefficient (Wildman–Crippen LogP) is 5.51. The van der Waals surface area contributed by atoms with Crippen molar-refractivity contribution in [1.29, 1.82) is 5.26 Å². The smallest absolute Gasteiger partial charge is 0.226 e. The van der Waals surface area contributed by atoms with Gasteiger partial charge in [-0.05, 0) is 56.0 Å². The van der Waals surface area contributed by atoms with Crippen LogP contribution in [0.1, 0.15) is 36.3 Å². The summed E-state index contributed by atoms with van der Waals surface area (Å²) in [6, 6.07) is 20.3. The Morgan fingerprint density at radius 2 is 1.78 bits per heavy atom. The van der Waals surface area contributed by atoms with E-state index in [4.69, 9.17) is 14.4 Å². The number of ether oxygens (including phenoxy) is 1. The SMILES string of the molecule is Cc1oc(-c2ccccc2)nc1CCOc1ccc(CCCCC#N)cc1. The van der Waals surface area contributed by atoms with Crippen molar-refractivity contribution in [3.05, 3.63) is 71.6 Å². The number of nitriles is 1. The summed E-state index contributed by atoms with van der Waals surface area (Å²) in [4.78, 5) is 4.60. The lowest BCUT2D eigenvalue weighted by molar-refractivity contribution is 0.320. The molecule has 1 aromatic heterocycles. The molecule has 2 aromatic carbocycles. The van der Waals surface area contributed by atoms with Gasteiger partial charge in [-0.3, -0.25) is 0 Å². The highest BCUT2D eigenvalue weighted by atomic mass is 16.5. The van der Waals surface area contributed by atoms with E-state index >= 15 is 0 Å². The van der Waals surface area contributed by atoms with Crippen molar-refractivity contribution in [2.24, 2.45) is 0 Å². The molecule has 0 spiro atoms. The van der Waals surface area contributed by atoms with Crippen LogP contribution in [0.5, 0.6) is 5.75 Å². The molecule has 0 aliphatic carbocycles. The Morgan fingerprint density at radius 1 is 1.00 bits per heavy atom. The van der Waals surface area contributed by atoms with E-state index in [-0.39, 0.29) is 0 Å². The maximum Gasteiger partial charge on any atom is 0.226 e. The minimum absolute atomic E-state index is 0.559. The van der Waals surface area contributed by atoms with Crippen molar-refractivity contribution >= 4 is 0 Å². The number of unbranched alkanes of at least 4 members (excludes halogenated alkanes) is 2. The molecule has 0 saturated carbocycles. The zero-order chi connectivity index (χ0) is 18.9. The highest BCUT2D eigenvalue weighted by molar-refractivity contribution is 5.53. The van der Waals surface area contributed by atoms with Crippen LogP contribution >= 0.6 is 0 Å². The third-order valence-electron chi connectivity index (χ3n) is 4.45. The third-order valence-corrected chi connectivity index (χ3v) is 4.45. The Balaban J connectivity index is 1.49. The van der Waals surface area contributed by atoms with Gasteiger partial charge in [0.15, 0.2) is 0 Å². The first-order chi connectivity index (χ1) is 13.3. The van der Waals surface area contributed by atoms with Crippen LogP contribution in [0.3, 0.4) is 0 Å². The molecule has 0 amide bonds. The zero-order valence-corrected chi connectivity index (χ0v) is 15.6. The number of aryl methyl sites for hydroxylation is 2. The molecule has 3 rings (SSSR count). The normalized spacial score (nSPS) is 10.5. The molecule has 1 heterocycles. The van der Waals surface area contributed by atoms with Gasteiger partial charge in [0.2, 0.25) is 5.89 Å². The number of rotatable bonds is 9. The van der Waals surface area contributed by atoms with Gasteiger partial charge in [0, 0.05) is 18.4 Å². The average Bonchev–Trinajstić information content (AvgIpc) is 3.08. The summed E-state index contributed by atoms with van der Waals surface area (Å²) in [5, 5.41) is 8.56. The van der Waals surface area contributed by atoms with E-state index in [1.54, 1.807) is 0 Å². The van der Waals surface area contributed by atoms with E-state index in [2.05, 4.69) is 23.2 Å². The molecule has 0 atom stereocenters. The van der Waals surface area contributed by atoms with Gasteiger partial charge in [0.05, 0.1) is 18.4 Å². The summed E-state index contributed by atoms with van der Waals surface area (Å²) in [5.74, 6) is 2.36. The van der Waals surface area contributed by atoms with E-state index in [1.165, 1.54) is 5.56 Å². The summed E-state index contributed by atoms with van der Waals surface area (Å²) in [5.41, 5.74) is 3.20. The lowest BCUT2D eigenvalue weighted by Crippen LogP contribution is -2.02. The van der Waals surface area contributed by atoms with Gasteiger partial charge in [-0.2, -0.15) is 5.26 Å². The molecule has 27 heavy (non-hydrogen) atoms. The highest BCUT2D eigenvalue weighted by Crippen LogP contribution is 2.22. The van der Waals surface area contributed by atoms with Crippen molar-refractivity contribution in [3.63, 3.8) is 0 Å². The molecule has 0 radical (unpaired) electrons. The van der Waals surface area contributed by atoms with Crippen molar-refractivity contribution in [1.82, 2.24) is 4.98 Å². The molecule has 4 heteroatoms. The molecule has 0 saturated heterocycles. The first kappa shape index (κ1) is 18.7. The van der Waals surface area contributed by atoms with Crippen LogP contribution in [0.4, 0.5) is 0 Å². The van der Waals surface area contributed by atoms with E-state index < -0.39 is 0 Å². The van der Waals surface area contributed by atoms with Crippen LogP contribution in [0.2, 0.25) is 0 Å². The second kappa shape index (κ2) is 9.59. The van der Waals surface area contributed by atoms with Crippen LogP contribution in [0, 0.1) is 18.3 Å². The van der Waals surface area contributed by atoms with Crippen molar-refractivity contribution in [3.8, 4) is 23.3 Å². The Kier molecular flexibility index (Phi) is 6.65. The molecule has 0 N–H and O–H groups in total. The first-order valence-electron chi connectivity index (χ1n) is 9.36. The number of oxazole rings is 1. The average molecular weight is 360 g/mol. The first-order valence-corrected chi connectivity index (χ1v) is 9.36. The van der Waals surface area contributed by atoms with Crippen LogP contribution in [-0.4, -0.2) is 11.6 Å². The standard InChI is InChI=1S/C23H24N2O2/c1-18-22(25-23(27-18)20-9-5-2-6-10-20)15-17-26-21-13-11-19(12-14-21)8-4-3-7-16-24/h2,5-6,9-14H,3-4,7-8,15,17H2,1H3. The quantitative estimate of drug-likeness (QED) is 0.472. The third kappa shape index (κ3) is 5.46. The van der Waals surface area contributed by atoms with Gasteiger partial charge in [-0.1, -0.05) is 30.3 Å². The maximum atomic E-state index is 8.56. The van der Waals surface area contributed by atoms with E-state index in [0.29, 0.717) is 25.3 Å². The number of hydrogen-bond donors (Lipinski definition) is 0. The minimum atomic E-state index is 0.559. The molecule has 3 aromatic rings. The van der Waals surface area contributed by atoms with Gasteiger partial charge in [0.25, 0.3) is 0 Å². The van der Waals surface area contributed by atoms with E-state index in [9.17, 15) is 0 Å². The second-order valence-corrected chi connectivity index (χ2v) is 6.50. The van der Waals surface area contributed by atoms with Gasteiger partial charge < -0.3 is 9.15 Å². The van der Waals surface area contributed by atoms with Gasteiger partial charge >= 0.3 is 0 Å². The molecule has 0 aliphatic heterocycles. The minimum Gasteiger partial charge on any atom is -0.493 e. The second-order valence-electron chi connectivity index (χ2n) is 6.50. The fraction of sp³-hybridized carbons (Fsp3) is 0.304. The zero-order valence-electron chi connectivity index (χ0n) is 15.6. The Bertz CT molecular complexity index is 877. The van der Waals surface area contributed by atoms with Gasteiger partial charge in [-0.25, -0.2) is 4.98 Å². The van der Waals surface area contributed by atoms with Crippen molar-refractivity contribution in [2.45, 2.75) is 39.0 Å². The molecule has 0 aliphatic rings. The molecule has 4 nitrogen and oxygen atoms in total.